The highest BCUT2D eigenvalue weighted by atomic mass is 32.2. The van der Waals surface area contributed by atoms with E-state index in [0.717, 1.165) is 73.5 Å². The third-order valence-electron chi connectivity index (χ3n) is 6.14. The van der Waals surface area contributed by atoms with Gasteiger partial charge in [0.05, 0.1) is 10.4 Å². The van der Waals surface area contributed by atoms with Crippen molar-refractivity contribution in [1.82, 2.24) is 9.47 Å². The molecule has 1 amide bonds. The van der Waals surface area contributed by atoms with Crippen molar-refractivity contribution in [3.05, 3.63) is 42.0 Å². The molecular weight excluding hydrogens is 396 g/mol. The molecule has 1 aromatic heterocycles. The van der Waals surface area contributed by atoms with Gasteiger partial charge in [-0.05, 0) is 56.0 Å². The van der Waals surface area contributed by atoms with Crippen LogP contribution < -0.4 is 0 Å². The van der Waals surface area contributed by atoms with Gasteiger partial charge in [0.25, 0.3) is 5.91 Å². The fourth-order valence-corrected chi connectivity index (χ4v) is 5.12. The molecule has 0 N–H and O–H groups in total. The second-order valence-corrected chi connectivity index (χ2v) is 10.4. The van der Waals surface area contributed by atoms with E-state index >= 15 is 0 Å². The Kier molecular flexibility index (Phi) is 5.87. The van der Waals surface area contributed by atoms with Gasteiger partial charge in [-0.2, -0.15) is 0 Å². The van der Waals surface area contributed by atoms with Crippen LogP contribution in [0.2, 0.25) is 0 Å². The second-order valence-electron chi connectivity index (χ2n) is 8.39. The number of nitrogens with zero attached hydrogens (tertiary/aromatic N) is 2. The number of fused-ring (bicyclic) bond motifs is 3. The van der Waals surface area contributed by atoms with Crippen molar-refractivity contribution in [2.45, 2.75) is 56.9 Å². The molecule has 0 bridgehead atoms. The molecule has 1 aliphatic rings. The number of amides is 1. The molecule has 0 unspecified atom stereocenters. The van der Waals surface area contributed by atoms with Gasteiger partial charge in [-0.3, -0.25) is 4.79 Å². The maximum absolute atomic E-state index is 13.0. The van der Waals surface area contributed by atoms with Crippen LogP contribution in [0.1, 0.15) is 55.8 Å². The molecule has 2 heterocycles. The van der Waals surface area contributed by atoms with Gasteiger partial charge in [0, 0.05) is 47.7 Å². The molecule has 160 valence electrons. The fourth-order valence-electron chi connectivity index (χ4n) is 4.48. The topological polar surface area (TPSA) is 59.4 Å². The number of sulfone groups is 1. The van der Waals surface area contributed by atoms with E-state index in [1.165, 1.54) is 12.7 Å². The summed E-state index contributed by atoms with van der Waals surface area (Å²) < 4.78 is 26.5. The van der Waals surface area contributed by atoms with Crippen LogP contribution in [0.3, 0.4) is 0 Å². The van der Waals surface area contributed by atoms with Crippen LogP contribution in [0.25, 0.3) is 21.8 Å². The molecule has 2 aromatic carbocycles. The largest absolute Gasteiger partial charge is 0.340 e. The molecular formula is C24H30N2O3S. The highest BCUT2D eigenvalue weighted by Crippen LogP contribution is 2.32. The zero-order valence-corrected chi connectivity index (χ0v) is 18.7. The zero-order chi connectivity index (χ0) is 21.3. The van der Waals surface area contributed by atoms with E-state index < -0.39 is 9.84 Å². The van der Waals surface area contributed by atoms with E-state index in [-0.39, 0.29) is 5.91 Å². The molecule has 0 atom stereocenters. The number of carbonyl (C=O) groups excluding carboxylic acids is 1. The molecule has 1 saturated heterocycles. The van der Waals surface area contributed by atoms with Crippen LogP contribution in [0.15, 0.2) is 41.3 Å². The molecule has 0 radical (unpaired) electrons. The Bertz CT molecular complexity index is 1190. The second kappa shape index (κ2) is 8.42. The first-order valence-electron chi connectivity index (χ1n) is 11.0. The Hall–Kier alpha value is -2.34. The Balaban J connectivity index is 1.84. The number of likely N-dealkylation sites (tertiary alicyclic amines) is 1. The summed E-state index contributed by atoms with van der Waals surface area (Å²) >= 11 is 0. The third kappa shape index (κ3) is 3.97. The Labute approximate surface area is 178 Å². The standard InChI is InChI=1S/C24H30N2O3S/c1-3-4-6-15-26-22-12-9-18(24(27)25-13-7-5-8-14-25)16-21(22)20-11-10-19(17-23(20)26)30(2,28)29/h9-12,16-17H,3-8,13-15H2,1-2H3. The summed E-state index contributed by atoms with van der Waals surface area (Å²) in [4.78, 5) is 15.3. The lowest BCUT2D eigenvalue weighted by molar-refractivity contribution is 0.0724. The molecule has 3 aromatic rings. The van der Waals surface area contributed by atoms with Crippen LogP contribution in [0.4, 0.5) is 0 Å². The lowest BCUT2D eigenvalue weighted by atomic mass is 10.1. The van der Waals surface area contributed by atoms with Crippen LogP contribution in [0, 0.1) is 0 Å². The molecule has 6 heteroatoms. The number of piperidine rings is 1. The summed E-state index contributed by atoms with van der Waals surface area (Å²) in [6.45, 7) is 4.66. The molecule has 0 saturated carbocycles. The van der Waals surface area contributed by atoms with E-state index in [0.29, 0.717) is 10.5 Å². The van der Waals surface area contributed by atoms with Gasteiger partial charge in [-0.25, -0.2) is 8.42 Å². The van der Waals surface area contributed by atoms with Crippen molar-refractivity contribution in [2.24, 2.45) is 0 Å². The Morgan fingerprint density at radius 2 is 1.70 bits per heavy atom. The first-order chi connectivity index (χ1) is 14.4. The van der Waals surface area contributed by atoms with Gasteiger partial charge in [-0.15, -0.1) is 0 Å². The zero-order valence-electron chi connectivity index (χ0n) is 17.9. The predicted octanol–water partition coefficient (Wildman–Crippen LogP) is 5.01. The average Bonchev–Trinajstić information content (AvgIpc) is 3.06. The van der Waals surface area contributed by atoms with Crippen LogP contribution in [0.5, 0.6) is 0 Å². The first-order valence-corrected chi connectivity index (χ1v) is 12.8. The summed E-state index contributed by atoms with van der Waals surface area (Å²) in [7, 11) is -3.28. The number of hydrogen-bond donors (Lipinski definition) is 0. The predicted molar refractivity (Wildman–Crippen MR) is 122 cm³/mol. The minimum absolute atomic E-state index is 0.0937. The van der Waals surface area contributed by atoms with Crippen molar-refractivity contribution in [3.8, 4) is 0 Å². The van der Waals surface area contributed by atoms with E-state index in [2.05, 4.69) is 11.5 Å². The molecule has 0 aliphatic carbocycles. The van der Waals surface area contributed by atoms with Crippen molar-refractivity contribution in [3.63, 3.8) is 0 Å². The quantitative estimate of drug-likeness (QED) is 0.520. The monoisotopic (exact) mass is 426 g/mol. The minimum atomic E-state index is -3.28. The number of aromatic nitrogens is 1. The summed E-state index contributed by atoms with van der Waals surface area (Å²) in [6.07, 6.45) is 7.86. The Morgan fingerprint density at radius 1 is 0.933 bits per heavy atom. The molecule has 30 heavy (non-hydrogen) atoms. The van der Waals surface area contributed by atoms with Gasteiger partial charge in [-0.1, -0.05) is 25.8 Å². The van der Waals surface area contributed by atoms with Crippen LogP contribution >= 0.6 is 0 Å². The number of aryl methyl sites for hydroxylation is 1. The average molecular weight is 427 g/mol. The van der Waals surface area contributed by atoms with Gasteiger partial charge >= 0.3 is 0 Å². The highest BCUT2D eigenvalue weighted by Gasteiger charge is 2.20. The van der Waals surface area contributed by atoms with Gasteiger partial charge in [0.15, 0.2) is 9.84 Å². The van der Waals surface area contributed by atoms with Crippen molar-refractivity contribution >= 4 is 37.6 Å². The highest BCUT2D eigenvalue weighted by molar-refractivity contribution is 7.90. The molecule has 0 spiro atoms. The molecule has 1 aliphatic heterocycles. The van der Waals surface area contributed by atoms with Crippen LogP contribution in [-0.2, 0) is 16.4 Å². The lowest BCUT2D eigenvalue weighted by Crippen LogP contribution is -2.35. The van der Waals surface area contributed by atoms with Crippen molar-refractivity contribution in [1.29, 1.82) is 0 Å². The smallest absolute Gasteiger partial charge is 0.253 e. The minimum Gasteiger partial charge on any atom is -0.340 e. The maximum atomic E-state index is 13.0. The summed E-state index contributed by atoms with van der Waals surface area (Å²) in [5.41, 5.74) is 2.69. The van der Waals surface area contributed by atoms with E-state index in [1.807, 2.05) is 29.2 Å². The molecule has 4 rings (SSSR count). The van der Waals surface area contributed by atoms with E-state index in [4.69, 9.17) is 0 Å². The van der Waals surface area contributed by atoms with E-state index in [9.17, 15) is 13.2 Å². The van der Waals surface area contributed by atoms with Crippen LogP contribution in [-0.4, -0.2) is 43.1 Å². The summed E-state index contributed by atoms with van der Waals surface area (Å²) in [6, 6.07) is 11.3. The molecule has 1 fully saturated rings. The van der Waals surface area contributed by atoms with Crippen molar-refractivity contribution in [2.75, 3.05) is 19.3 Å². The maximum Gasteiger partial charge on any atom is 0.253 e. The summed E-state index contributed by atoms with van der Waals surface area (Å²) in [5, 5.41) is 2.02. The number of hydrogen-bond acceptors (Lipinski definition) is 3. The third-order valence-corrected chi connectivity index (χ3v) is 7.25. The first kappa shape index (κ1) is 20.9. The fraction of sp³-hybridized carbons (Fsp3) is 0.458. The van der Waals surface area contributed by atoms with Gasteiger partial charge in [0.1, 0.15) is 0 Å². The summed E-state index contributed by atoms with van der Waals surface area (Å²) in [5.74, 6) is 0.0937. The normalized spacial score (nSPS) is 15.2. The lowest BCUT2D eigenvalue weighted by Gasteiger charge is -2.26. The Morgan fingerprint density at radius 3 is 2.40 bits per heavy atom. The van der Waals surface area contributed by atoms with E-state index in [1.54, 1.807) is 12.1 Å². The molecule has 5 nitrogen and oxygen atoms in total. The van der Waals surface area contributed by atoms with Gasteiger partial charge in [0.2, 0.25) is 0 Å². The number of benzene rings is 2. The number of unbranched alkanes of at least 4 members (excludes halogenated alkanes) is 2. The van der Waals surface area contributed by atoms with Crippen molar-refractivity contribution < 1.29 is 13.2 Å². The number of rotatable bonds is 6. The number of carbonyl (C=O) groups is 1. The van der Waals surface area contributed by atoms with Gasteiger partial charge < -0.3 is 9.47 Å². The SMILES string of the molecule is CCCCCn1c2ccc(C(=O)N3CCCCC3)cc2c2ccc(S(C)(=O)=O)cc21.